The summed E-state index contributed by atoms with van der Waals surface area (Å²) in [6.07, 6.45) is 5.31. The zero-order valence-electron chi connectivity index (χ0n) is 15.8. The summed E-state index contributed by atoms with van der Waals surface area (Å²) in [4.78, 5) is 27.4. The smallest absolute Gasteiger partial charge is 0.206 e. The lowest BCUT2D eigenvalue weighted by Crippen LogP contribution is -2.08. The molecule has 0 radical (unpaired) electrons. The highest BCUT2D eigenvalue weighted by molar-refractivity contribution is 8.13. The molecule has 144 valence electrons. The van der Waals surface area contributed by atoms with Gasteiger partial charge in [0.05, 0.1) is 5.56 Å². The van der Waals surface area contributed by atoms with E-state index in [9.17, 15) is 14.7 Å². The first-order chi connectivity index (χ1) is 13.4. The van der Waals surface area contributed by atoms with Gasteiger partial charge in [0.15, 0.2) is 12.1 Å². The first-order valence-electron chi connectivity index (χ1n) is 8.42. The van der Waals surface area contributed by atoms with Gasteiger partial charge in [-0.25, -0.2) is 4.99 Å². The Morgan fingerprint density at radius 2 is 1.86 bits per heavy atom. The molecule has 0 aliphatic carbocycles. The maximum absolute atomic E-state index is 12.2. The number of allylic oxidation sites excluding steroid dienone is 2. The molecule has 0 amide bonds. The van der Waals surface area contributed by atoms with Crippen molar-refractivity contribution in [1.82, 2.24) is 5.43 Å². The van der Waals surface area contributed by atoms with Crippen LogP contribution < -0.4 is 5.43 Å². The third kappa shape index (κ3) is 5.92. The van der Waals surface area contributed by atoms with E-state index in [2.05, 4.69) is 15.5 Å². The van der Waals surface area contributed by atoms with Crippen molar-refractivity contribution in [3.8, 4) is 5.75 Å². The van der Waals surface area contributed by atoms with Crippen molar-refractivity contribution in [2.45, 2.75) is 13.8 Å². The van der Waals surface area contributed by atoms with Gasteiger partial charge in [-0.2, -0.15) is 0 Å². The molecule has 0 aromatic heterocycles. The molecule has 28 heavy (non-hydrogen) atoms. The van der Waals surface area contributed by atoms with Crippen LogP contribution in [0.1, 0.15) is 38.8 Å². The number of ketones is 1. The SMILES string of the molecule is CSC(=N\N/C(C)=C/C(=O)c1ccccc1)/N=C/c1cc(C)cc(C=O)c1O. The zero-order chi connectivity index (χ0) is 20.5. The Kier molecular flexibility index (Phi) is 7.71. The van der Waals surface area contributed by atoms with Crippen LogP contribution in [0.2, 0.25) is 0 Å². The number of nitrogens with one attached hydrogen (secondary N) is 1. The Labute approximate surface area is 168 Å². The topological polar surface area (TPSA) is 91.1 Å². The molecule has 2 aromatic carbocycles. The number of phenolic OH excluding ortho intramolecular Hbond substituents is 1. The second kappa shape index (κ2) is 10.2. The Bertz CT molecular complexity index is 951. The number of hydrogen-bond donors (Lipinski definition) is 2. The van der Waals surface area contributed by atoms with Gasteiger partial charge in [0, 0.05) is 29.1 Å². The van der Waals surface area contributed by atoms with Crippen LogP contribution in [-0.2, 0) is 0 Å². The lowest BCUT2D eigenvalue weighted by molar-refractivity contribution is 0.104. The van der Waals surface area contributed by atoms with Gasteiger partial charge in [0.2, 0.25) is 5.17 Å². The van der Waals surface area contributed by atoms with Crippen LogP contribution in [0.5, 0.6) is 5.75 Å². The molecule has 0 aliphatic heterocycles. The molecule has 2 N–H and O–H groups in total. The van der Waals surface area contributed by atoms with E-state index in [1.54, 1.807) is 49.6 Å². The van der Waals surface area contributed by atoms with Crippen LogP contribution >= 0.6 is 11.8 Å². The summed E-state index contributed by atoms with van der Waals surface area (Å²) in [5, 5.41) is 14.6. The summed E-state index contributed by atoms with van der Waals surface area (Å²) in [6, 6.07) is 12.3. The first kappa shape index (κ1) is 21.1. The maximum Gasteiger partial charge on any atom is 0.206 e. The van der Waals surface area contributed by atoms with Gasteiger partial charge in [0.25, 0.3) is 0 Å². The highest BCUT2D eigenvalue weighted by Crippen LogP contribution is 2.21. The quantitative estimate of drug-likeness (QED) is 0.193. The second-order valence-corrected chi connectivity index (χ2v) is 6.71. The Hall–Kier alpha value is -3.19. The minimum absolute atomic E-state index is 0.123. The number of aliphatic imine (C=N–C) groups is 1. The summed E-state index contributed by atoms with van der Waals surface area (Å²) in [6.45, 7) is 3.56. The molecule has 0 atom stereocenters. The number of aromatic hydroxyl groups is 1. The van der Waals surface area contributed by atoms with E-state index in [1.807, 2.05) is 13.0 Å². The first-order valence-corrected chi connectivity index (χ1v) is 9.65. The fourth-order valence-electron chi connectivity index (χ4n) is 2.33. The van der Waals surface area contributed by atoms with E-state index < -0.39 is 0 Å². The van der Waals surface area contributed by atoms with Crippen LogP contribution in [0.25, 0.3) is 0 Å². The summed E-state index contributed by atoms with van der Waals surface area (Å²) in [5.41, 5.74) is 5.42. The molecule has 7 heteroatoms. The van der Waals surface area contributed by atoms with E-state index in [4.69, 9.17) is 0 Å². The number of hydrazone groups is 1. The lowest BCUT2D eigenvalue weighted by Gasteiger charge is -2.05. The number of carbonyl (C=O) groups is 2. The zero-order valence-corrected chi connectivity index (χ0v) is 16.7. The predicted octanol–water partition coefficient (Wildman–Crippen LogP) is 3.94. The van der Waals surface area contributed by atoms with E-state index >= 15 is 0 Å². The molecule has 0 heterocycles. The Balaban J connectivity index is 2.13. The summed E-state index contributed by atoms with van der Waals surface area (Å²) in [5.74, 6) is -0.247. The molecule has 0 aliphatic rings. The van der Waals surface area contributed by atoms with Gasteiger partial charge in [-0.1, -0.05) is 42.1 Å². The molecule has 6 nitrogen and oxygen atoms in total. The normalized spacial score (nSPS) is 12.2. The van der Waals surface area contributed by atoms with Gasteiger partial charge < -0.3 is 5.11 Å². The number of benzene rings is 2. The van der Waals surface area contributed by atoms with E-state index in [0.29, 0.717) is 28.3 Å². The minimum Gasteiger partial charge on any atom is -0.507 e. The van der Waals surface area contributed by atoms with Crippen LogP contribution in [0.15, 0.2) is 64.3 Å². The summed E-state index contributed by atoms with van der Waals surface area (Å²) in [7, 11) is 0. The molecular formula is C21H21N3O3S. The van der Waals surface area contributed by atoms with Crippen molar-refractivity contribution in [1.29, 1.82) is 0 Å². The number of nitrogens with zero attached hydrogens (tertiary/aromatic N) is 2. The van der Waals surface area contributed by atoms with Crippen molar-refractivity contribution >= 4 is 35.2 Å². The number of thioether (sulfide) groups is 1. The van der Waals surface area contributed by atoms with Gasteiger partial charge in [0.1, 0.15) is 5.75 Å². The molecular weight excluding hydrogens is 374 g/mol. The van der Waals surface area contributed by atoms with Crippen LogP contribution in [0.3, 0.4) is 0 Å². The largest absolute Gasteiger partial charge is 0.507 e. The highest BCUT2D eigenvalue weighted by Gasteiger charge is 2.07. The fourth-order valence-corrected chi connectivity index (χ4v) is 2.62. The molecule has 2 aromatic rings. The van der Waals surface area contributed by atoms with E-state index in [0.717, 1.165) is 5.56 Å². The maximum atomic E-state index is 12.2. The van der Waals surface area contributed by atoms with Crippen molar-refractivity contribution in [2.24, 2.45) is 10.1 Å². The van der Waals surface area contributed by atoms with Gasteiger partial charge in [-0.3, -0.25) is 15.0 Å². The monoisotopic (exact) mass is 395 g/mol. The molecule has 2 rings (SSSR count). The van der Waals surface area contributed by atoms with E-state index in [1.165, 1.54) is 24.1 Å². The number of amidine groups is 1. The number of phenols is 1. The Morgan fingerprint density at radius 1 is 1.18 bits per heavy atom. The standard InChI is InChI=1S/C21H21N3O3S/c1-14-9-17(20(27)18(10-14)13-25)12-22-21(28-3)24-23-15(2)11-19(26)16-7-5-4-6-8-16/h4-13,23,27H,1-3H3/b15-11+,22-12+,24-21-. The second-order valence-electron chi connectivity index (χ2n) is 5.94. The molecule has 0 fully saturated rings. The van der Waals surface area contributed by atoms with Crippen LogP contribution in [0.4, 0.5) is 0 Å². The van der Waals surface area contributed by atoms with E-state index in [-0.39, 0.29) is 17.1 Å². The average Bonchev–Trinajstić information content (AvgIpc) is 2.70. The van der Waals surface area contributed by atoms with Crippen molar-refractivity contribution in [2.75, 3.05) is 6.26 Å². The summed E-state index contributed by atoms with van der Waals surface area (Å²) < 4.78 is 0. The minimum atomic E-state index is -0.124. The number of aryl methyl sites for hydroxylation is 1. The molecule has 0 spiro atoms. The van der Waals surface area contributed by atoms with Crippen molar-refractivity contribution in [3.63, 3.8) is 0 Å². The van der Waals surface area contributed by atoms with Crippen LogP contribution in [0, 0.1) is 6.92 Å². The highest BCUT2D eigenvalue weighted by atomic mass is 32.2. The number of hydrogen-bond acceptors (Lipinski definition) is 6. The molecule has 0 saturated carbocycles. The number of carbonyl (C=O) groups excluding carboxylic acids is 2. The lowest BCUT2D eigenvalue weighted by atomic mass is 10.1. The third-order valence-corrected chi connectivity index (χ3v) is 4.23. The Morgan fingerprint density at radius 3 is 2.50 bits per heavy atom. The van der Waals surface area contributed by atoms with Gasteiger partial charge in [-0.05, 0) is 37.8 Å². The molecule has 0 saturated heterocycles. The van der Waals surface area contributed by atoms with Gasteiger partial charge >= 0.3 is 0 Å². The molecule has 0 bridgehead atoms. The third-order valence-electron chi connectivity index (χ3n) is 3.67. The average molecular weight is 395 g/mol. The molecule has 0 unspecified atom stereocenters. The number of rotatable bonds is 6. The van der Waals surface area contributed by atoms with Crippen molar-refractivity contribution in [3.05, 3.63) is 76.5 Å². The van der Waals surface area contributed by atoms with Crippen LogP contribution in [-0.4, -0.2) is 34.8 Å². The predicted molar refractivity (Wildman–Crippen MR) is 114 cm³/mol. The fraction of sp³-hybridized carbons (Fsp3) is 0.143. The van der Waals surface area contributed by atoms with Crippen molar-refractivity contribution < 1.29 is 14.7 Å². The van der Waals surface area contributed by atoms with Gasteiger partial charge in [-0.15, -0.1) is 5.10 Å². The number of aldehydes is 1. The summed E-state index contributed by atoms with van der Waals surface area (Å²) >= 11 is 1.29.